The highest BCUT2D eigenvalue weighted by Gasteiger charge is 2.22. The number of aromatic nitrogens is 2. The molecule has 1 fully saturated rings. The predicted molar refractivity (Wildman–Crippen MR) is 121 cm³/mol. The Morgan fingerprint density at radius 2 is 1.94 bits per heavy atom. The third-order valence-corrected chi connectivity index (χ3v) is 6.15. The highest BCUT2D eigenvalue weighted by atomic mass is 35.5. The maximum Gasteiger partial charge on any atom is 0.277 e. The molecule has 3 aromatic rings. The molecule has 7 nitrogen and oxygen atoms in total. The average molecular weight is 459 g/mol. The van der Waals surface area contributed by atoms with E-state index >= 15 is 0 Å². The number of ether oxygens (including phenoxy) is 1. The molecule has 0 N–H and O–H groups in total. The second-order valence-electron chi connectivity index (χ2n) is 7.09. The van der Waals surface area contributed by atoms with Crippen LogP contribution < -0.4 is 9.64 Å². The fourth-order valence-corrected chi connectivity index (χ4v) is 4.35. The Kier molecular flexibility index (Phi) is 6.99. The number of piperazine rings is 1. The Morgan fingerprint density at radius 1 is 1.13 bits per heavy atom. The highest BCUT2D eigenvalue weighted by molar-refractivity contribution is 7.99. The zero-order chi connectivity index (χ0) is 21.6. The van der Waals surface area contributed by atoms with Crippen LogP contribution in [0, 0.1) is 0 Å². The molecule has 0 atom stereocenters. The number of hydrogen-bond donors (Lipinski definition) is 0. The van der Waals surface area contributed by atoms with E-state index in [9.17, 15) is 4.79 Å². The minimum atomic E-state index is 0.0697. The second kappa shape index (κ2) is 10.1. The van der Waals surface area contributed by atoms with Crippen molar-refractivity contribution < 1.29 is 13.9 Å². The molecule has 0 unspecified atom stereocenters. The number of thioether (sulfide) groups is 1. The molecule has 0 aliphatic carbocycles. The number of methoxy groups -OCH3 is 1. The molecule has 1 saturated heterocycles. The van der Waals surface area contributed by atoms with Gasteiger partial charge >= 0.3 is 0 Å². The fraction of sp³-hybridized carbons (Fsp3) is 0.318. The lowest BCUT2D eigenvalue weighted by Crippen LogP contribution is -2.49. The van der Waals surface area contributed by atoms with E-state index in [2.05, 4.69) is 15.1 Å². The first kappa shape index (κ1) is 21.5. The van der Waals surface area contributed by atoms with Gasteiger partial charge in [0.25, 0.3) is 5.22 Å². The highest BCUT2D eigenvalue weighted by Crippen LogP contribution is 2.24. The van der Waals surface area contributed by atoms with E-state index in [1.165, 1.54) is 11.8 Å². The Morgan fingerprint density at radius 3 is 2.71 bits per heavy atom. The average Bonchev–Trinajstić information content (AvgIpc) is 3.25. The van der Waals surface area contributed by atoms with E-state index in [-0.39, 0.29) is 11.7 Å². The van der Waals surface area contributed by atoms with Crippen LogP contribution in [0.15, 0.2) is 58.2 Å². The van der Waals surface area contributed by atoms with Crippen LogP contribution in [0.4, 0.5) is 5.69 Å². The molecule has 4 rings (SSSR count). The molecule has 2 aromatic carbocycles. The number of anilines is 1. The van der Waals surface area contributed by atoms with Crippen LogP contribution in [-0.2, 0) is 11.2 Å². The normalized spacial score (nSPS) is 14.0. The lowest BCUT2D eigenvalue weighted by Gasteiger charge is -2.36. The van der Waals surface area contributed by atoms with Crippen molar-refractivity contribution in [2.75, 3.05) is 43.9 Å². The number of amides is 1. The van der Waals surface area contributed by atoms with Crippen molar-refractivity contribution in [2.24, 2.45) is 0 Å². The molecule has 1 aromatic heterocycles. The van der Waals surface area contributed by atoms with E-state index in [0.29, 0.717) is 30.6 Å². The van der Waals surface area contributed by atoms with Crippen molar-refractivity contribution in [3.05, 3.63) is 65.0 Å². The van der Waals surface area contributed by atoms with E-state index in [1.807, 2.05) is 53.4 Å². The van der Waals surface area contributed by atoms with Crippen molar-refractivity contribution in [1.29, 1.82) is 0 Å². The van der Waals surface area contributed by atoms with Gasteiger partial charge in [-0.1, -0.05) is 47.6 Å². The number of hydrogen-bond acceptors (Lipinski definition) is 7. The summed E-state index contributed by atoms with van der Waals surface area (Å²) in [5.74, 6) is 1.62. The van der Waals surface area contributed by atoms with Crippen LogP contribution in [0.5, 0.6) is 5.75 Å². The largest absolute Gasteiger partial charge is 0.496 e. The van der Waals surface area contributed by atoms with Crippen LogP contribution in [-0.4, -0.2) is 60.0 Å². The van der Waals surface area contributed by atoms with Gasteiger partial charge in [-0.25, -0.2) is 0 Å². The molecule has 0 saturated carbocycles. The van der Waals surface area contributed by atoms with E-state index in [4.69, 9.17) is 20.8 Å². The Labute approximate surface area is 190 Å². The van der Waals surface area contributed by atoms with Gasteiger partial charge in [0.05, 0.1) is 19.3 Å². The summed E-state index contributed by atoms with van der Waals surface area (Å²) in [6.07, 6.45) is 0.483. The van der Waals surface area contributed by atoms with Gasteiger partial charge in [-0.05, 0) is 24.3 Å². The van der Waals surface area contributed by atoms with Crippen LogP contribution in [0.25, 0.3) is 0 Å². The summed E-state index contributed by atoms with van der Waals surface area (Å²) in [6.45, 7) is 2.91. The quantitative estimate of drug-likeness (QED) is 0.499. The molecule has 1 amide bonds. The Balaban J connectivity index is 1.26. The molecular weight excluding hydrogens is 436 g/mol. The second-order valence-corrected chi connectivity index (χ2v) is 8.45. The monoisotopic (exact) mass is 458 g/mol. The lowest BCUT2D eigenvalue weighted by molar-refractivity contribution is -0.128. The first-order valence-electron chi connectivity index (χ1n) is 9.98. The standard InChI is InChI=1S/C22H23ClN4O3S/c1-29-19-8-3-2-5-16(19)13-20-24-25-22(30-20)31-15-21(28)27-11-9-26(10-12-27)18-7-4-6-17(23)14-18/h2-8,14H,9-13,15H2,1H3. The molecule has 0 bridgehead atoms. The molecule has 1 aliphatic heterocycles. The van der Waals surface area contributed by atoms with Gasteiger partial charge < -0.3 is 19.0 Å². The number of carbonyl (C=O) groups is 1. The molecule has 9 heteroatoms. The number of rotatable bonds is 7. The van der Waals surface area contributed by atoms with Gasteiger partial charge in [0, 0.05) is 42.5 Å². The third-order valence-electron chi connectivity index (χ3n) is 5.11. The number of carbonyl (C=O) groups excluding carboxylic acids is 1. The molecule has 1 aliphatic rings. The minimum Gasteiger partial charge on any atom is -0.496 e. The van der Waals surface area contributed by atoms with Gasteiger partial charge in [-0.2, -0.15) is 0 Å². The number of nitrogens with zero attached hydrogens (tertiary/aromatic N) is 4. The first-order valence-corrected chi connectivity index (χ1v) is 11.3. The summed E-state index contributed by atoms with van der Waals surface area (Å²) in [6, 6.07) is 15.5. The summed E-state index contributed by atoms with van der Waals surface area (Å²) in [7, 11) is 1.63. The van der Waals surface area contributed by atoms with Gasteiger partial charge in [-0.15, -0.1) is 10.2 Å². The van der Waals surface area contributed by atoms with Crippen molar-refractivity contribution in [3.8, 4) is 5.75 Å². The minimum absolute atomic E-state index is 0.0697. The summed E-state index contributed by atoms with van der Waals surface area (Å²) in [5, 5.41) is 9.27. The number of benzene rings is 2. The zero-order valence-corrected chi connectivity index (χ0v) is 18.7. The summed E-state index contributed by atoms with van der Waals surface area (Å²) in [4.78, 5) is 16.7. The molecular formula is C22H23ClN4O3S. The number of para-hydroxylation sites is 1. The van der Waals surface area contributed by atoms with Crippen molar-refractivity contribution in [3.63, 3.8) is 0 Å². The first-order chi connectivity index (χ1) is 15.1. The van der Waals surface area contributed by atoms with Gasteiger partial charge in [-0.3, -0.25) is 4.79 Å². The van der Waals surface area contributed by atoms with Crippen LogP contribution in [0.2, 0.25) is 5.02 Å². The van der Waals surface area contributed by atoms with E-state index in [1.54, 1.807) is 7.11 Å². The van der Waals surface area contributed by atoms with Crippen molar-refractivity contribution in [1.82, 2.24) is 15.1 Å². The topological polar surface area (TPSA) is 71.7 Å². The molecule has 31 heavy (non-hydrogen) atoms. The van der Waals surface area contributed by atoms with Gasteiger partial charge in [0.1, 0.15) is 5.75 Å². The Hall–Kier alpha value is -2.71. The fourth-order valence-electron chi connectivity index (χ4n) is 3.48. The SMILES string of the molecule is COc1ccccc1Cc1nnc(SCC(=O)N2CCN(c3cccc(Cl)c3)CC2)o1. The van der Waals surface area contributed by atoms with E-state index < -0.39 is 0 Å². The number of halogens is 1. The lowest BCUT2D eigenvalue weighted by atomic mass is 10.1. The van der Waals surface area contributed by atoms with Gasteiger partial charge in [0.15, 0.2) is 0 Å². The molecule has 0 spiro atoms. The smallest absolute Gasteiger partial charge is 0.277 e. The summed E-state index contributed by atoms with van der Waals surface area (Å²) >= 11 is 7.35. The maximum absolute atomic E-state index is 12.6. The van der Waals surface area contributed by atoms with Crippen LogP contribution in [0.3, 0.4) is 0 Å². The zero-order valence-electron chi connectivity index (χ0n) is 17.2. The molecule has 162 valence electrons. The predicted octanol–water partition coefficient (Wildman–Crippen LogP) is 3.76. The summed E-state index contributed by atoms with van der Waals surface area (Å²) in [5.41, 5.74) is 2.06. The van der Waals surface area contributed by atoms with Crippen molar-refractivity contribution >= 4 is 35.0 Å². The molecule has 2 heterocycles. The van der Waals surface area contributed by atoms with Crippen LogP contribution >= 0.6 is 23.4 Å². The van der Waals surface area contributed by atoms with Gasteiger partial charge in [0.2, 0.25) is 11.8 Å². The summed E-state index contributed by atoms with van der Waals surface area (Å²) < 4.78 is 11.1. The maximum atomic E-state index is 12.6. The van der Waals surface area contributed by atoms with E-state index in [0.717, 1.165) is 35.1 Å². The third kappa shape index (κ3) is 5.51. The molecule has 0 radical (unpaired) electrons. The van der Waals surface area contributed by atoms with Crippen molar-refractivity contribution in [2.45, 2.75) is 11.6 Å². The van der Waals surface area contributed by atoms with Crippen LogP contribution in [0.1, 0.15) is 11.5 Å². The Bertz CT molecular complexity index is 1040.